The lowest BCUT2D eigenvalue weighted by atomic mass is 10.2. The molecule has 1 heterocycles. The summed E-state index contributed by atoms with van der Waals surface area (Å²) >= 11 is 5.61. The van der Waals surface area contributed by atoms with Gasteiger partial charge in [-0.05, 0) is 35.9 Å². The molecule has 0 unspecified atom stereocenters. The van der Waals surface area contributed by atoms with Crippen molar-refractivity contribution in [1.82, 2.24) is 9.97 Å². The topological polar surface area (TPSA) is 78.1 Å². The molecule has 0 spiro atoms. The zero-order chi connectivity index (χ0) is 12.3. The molecule has 0 atom stereocenters. The van der Waals surface area contributed by atoms with Gasteiger partial charge in [-0.15, -0.1) is 0 Å². The molecule has 6 heteroatoms. The van der Waals surface area contributed by atoms with E-state index >= 15 is 0 Å². The van der Waals surface area contributed by atoms with Gasteiger partial charge >= 0.3 is 0 Å². The van der Waals surface area contributed by atoms with Gasteiger partial charge in [0, 0.05) is 17.8 Å². The number of benzene rings is 1. The molecule has 0 aliphatic carbocycles. The summed E-state index contributed by atoms with van der Waals surface area (Å²) in [5.41, 5.74) is 5.53. The Bertz CT molecular complexity index is 543. The molecular weight excluding hydrogens is 242 g/mol. The first-order valence-corrected chi connectivity index (χ1v) is 5.09. The first kappa shape index (κ1) is 11.3. The number of aromatic nitrogens is 2. The van der Waals surface area contributed by atoms with Gasteiger partial charge in [-0.25, -0.2) is 4.98 Å². The summed E-state index contributed by atoms with van der Waals surface area (Å²) in [5.74, 6) is 0.378. The van der Waals surface area contributed by atoms with Crippen molar-refractivity contribution in [2.24, 2.45) is 5.73 Å². The molecule has 5 nitrogen and oxygen atoms in total. The average Bonchev–Trinajstić information content (AvgIpc) is 2.29. The van der Waals surface area contributed by atoms with Gasteiger partial charge in [0.25, 0.3) is 0 Å². The fraction of sp³-hybridized carbons (Fsp3) is 0. The van der Waals surface area contributed by atoms with E-state index in [0.717, 1.165) is 0 Å². The van der Waals surface area contributed by atoms with E-state index in [1.165, 1.54) is 6.20 Å². The smallest absolute Gasteiger partial charge is 0.248 e. The quantitative estimate of drug-likeness (QED) is 0.844. The van der Waals surface area contributed by atoms with Gasteiger partial charge in [0.05, 0.1) is 0 Å². The Morgan fingerprint density at radius 1 is 1.24 bits per heavy atom. The highest BCUT2D eigenvalue weighted by Crippen LogP contribution is 2.20. The van der Waals surface area contributed by atoms with Crippen molar-refractivity contribution in [1.29, 1.82) is 0 Å². The molecule has 0 aliphatic heterocycles. The number of halogens is 1. The fourth-order valence-corrected chi connectivity index (χ4v) is 1.32. The van der Waals surface area contributed by atoms with E-state index in [1.807, 2.05) is 0 Å². The molecule has 0 bridgehead atoms. The molecule has 0 saturated carbocycles. The van der Waals surface area contributed by atoms with Crippen LogP contribution in [-0.2, 0) is 0 Å². The van der Waals surface area contributed by atoms with Crippen molar-refractivity contribution in [3.8, 4) is 11.6 Å². The third kappa shape index (κ3) is 2.92. The van der Waals surface area contributed by atoms with Crippen molar-refractivity contribution >= 4 is 17.5 Å². The van der Waals surface area contributed by atoms with Gasteiger partial charge in [0.2, 0.25) is 17.1 Å². The maximum atomic E-state index is 10.9. The summed E-state index contributed by atoms with van der Waals surface area (Å²) in [4.78, 5) is 18.5. The SMILES string of the molecule is NC(=O)c1ccc(Oc2ccnc(Cl)n2)cc1. The van der Waals surface area contributed by atoms with Crippen molar-refractivity contribution in [3.63, 3.8) is 0 Å². The number of ether oxygens (including phenoxy) is 1. The van der Waals surface area contributed by atoms with E-state index in [9.17, 15) is 4.79 Å². The van der Waals surface area contributed by atoms with Crippen LogP contribution in [0.2, 0.25) is 5.28 Å². The molecule has 2 rings (SSSR count). The molecule has 0 aliphatic rings. The summed E-state index contributed by atoms with van der Waals surface area (Å²) in [6.07, 6.45) is 1.49. The minimum Gasteiger partial charge on any atom is -0.439 e. The number of amides is 1. The van der Waals surface area contributed by atoms with Gasteiger partial charge in [-0.1, -0.05) is 0 Å². The summed E-state index contributed by atoms with van der Waals surface area (Å²) in [6, 6.07) is 7.96. The van der Waals surface area contributed by atoms with Crippen LogP contribution in [0.4, 0.5) is 0 Å². The Morgan fingerprint density at radius 3 is 2.53 bits per heavy atom. The second-order valence-corrected chi connectivity index (χ2v) is 3.49. The van der Waals surface area contributed by atoms with E-state index < -0.39 is 5.91 Å². The largest absolute Gasteiger partial charge is 0.439 e. The molecule has 17 heavy (non-hydrogen) atoms. The molecule has 0 saturated heterocycles. The number of carbonyl (C=O) groups is 1. The highest BCUT2D eigenvalue weighted by molar-refractivity contribution is 6.28. The standard InChI is InChI=1S/C11H8ClN3O2/c12-11-14-6-5-9(15-11)17-8-3-1-7(2-4-8)10(13)16/h1-6H,(H2,13,16). The predicted molar refractivity (Wildman–Crippen MR) is 62.1 cm³/mol. The third-order valence-electron chi connectivity index (χ3n) is 1.96. The Hall–Kier alpha value is -2.14. The van der Waals surface area contributed by atoms with Gasteiger partial charge < -0.3 is 10.5 Å². The van der Waals surface area contributed by atoms with Gasteiger partial charge in [0.15, 0.2) is 0 Å². The minimum atomic E-state index is -0.485. The number of nitrogens with two attached hydrogens (primary N) is 1. The number of primary amides is 1. The normalized spacial score (nSPS) is 9.94. The van der Waals surface area contributed by atoms with Gasteiger partial charge in [0.1, 0.15) is 5.75 Å². The lowest BCUT2D eigenvalue weighted by Crippen LogP contribution is -2.10. The monoisotopic (exact) mass is 249 g/mol. The Labute approximate surface area is 102 Å². The molecule has 86 valence electrons. The summed E-state index contributed by atoms with van der Waals surface area (Å²) in [5, 5.41) is 0.108. The highest BCUT2D eigenvalue weighted by Gasteiger charge is 2.02. The second-order valence-electron chi connectivity index (χ2n) is 3.15. The number of rotatable bonds is 3. The summed E-state index contributed by atoms with van der Waals surface area (Å²) < 4.78 is 5.41. The van der Waals surface area contributed by atoms with Crippen LogP contribution in [0.3, 0.4) is 0 Å². The Morgan fingerprint density at radius 2 is 1.94 bits per heavy atom. The molecule has 2 aromatic rings. The number of hydrogen-bond donors (Lipinski definition) is 1. The molecule has 1 aromatic heterocycles. The molecule has 1 aromatic carbocycles. The van der Waals surface area contributed by atoms with Crippen LogP contribution >= 0.6 is 11.6 Å². The second kappa shape index (κ2) is 4.80. The lowest BCUT2D eigenvalue weighted by molar-refractivity contribution is 0.100. The van der Waals surface area contributed by atoms with E-state index in [-0.39, 0.29) is 5.28 Å². The Balaban J connectivity index is 2.16. The van der Waals surface area contributed by atoms with Crippen LogP contribution in [0.1, 0.15) is 10.4 Å². The predicted octanol–water partition coefficient (Wildman–Crippen LogP) is 2.02. The summed E-state index contributed by atoms with van der Waals surface area (Å²) in [7, 11) is 0. The molecular formula is C11H8ClN3O2. The van der Waals surface area contributed by atoms with Crippen LogP contribution in [-0.4, -0.2) is 15.9 Å². The van der Waals surface area contributed by atoms with Gasteiger partial charge in [-0.2, -0.15) is 4.98 Å². The minimum absolute atomic E-state index is 0.108. The number of carbonyl (C=O) groups excluding carboxylic acids is 1. The first-order valence-electron chi connectivity index (χ1n) is 4.71. The van der Waals surface area contributed by atoms with E-state index in [2.05, 4.69) is 9.97 Å². The van der Waals surface area contributed by atoms with E-state index in [4.69, 9.17) is 22.1 Å². The summed E-state index contributed by atoms with van der Waals surface area (Å²) in [6.45, 7) is 0. The van der Waals surface area contributed by atoms with E-state index in [1.54, 1.807) is 30.3 Å². The maximum absolute atomic E-state index is 10.9. The van der Waals surface area contributed by atoms with E-state index in [0.29, 0.717) is 17.2 Å². The number of hydrogen-bond acceptors (Lipinski definition) is 4. The van der Waals surface area contributed by atoms with Crippen LogP contribution < -0.4 is 10.5 Å². The molecule has 0 radical (unpaired) electrons. The maximum Gasteiger partial charge on any atom is 0.248 e. The number of nitrogens with zero attached hydrogens (tertiary/aromatic N) is 2. The van der Waals surface area contributed by atoms with Gasteiger partial charge in [-0.3, -0.25) is 4.79 Å². The lowest BCUT2D eigenvalue weighted by Gasteiger charge is -2.04. The first-order chi connectivity index (χ1) is 8.15. The van der Waals surface area contributed by atoms with Crippen molar-refractivity contribution in [3.05, 3.63) is 47.4 Å². The zero-order valence-electron chi connectivity index (χ0n) is 8.63. The Kier molecular flexibility index (Phi) is 3.20. The van der Waals surface area contributed by atoms with Crippen LogP contribution in [0.15, 0.2) is 36.5 Å². The highest BCUT2D eigenvalue weighted by atomic mass is 35.5. The zero-order valence-corrected chi connectivity index (χ0v) is 9.39. The van der Waals surface area contributed by atoms with Crippen molar-refractivity contribution in [2.45, 2.75) is 0 Å². The van der Waals surface area contributed by atoms with Crippen LogP contribution in [0.25, 0.3) is 0 Å². The third-order valence-corrected chi connectivity index (χ3v) is 2.14. The molecule has 1 amide bonds. The molecule has 0 fully saturated rings. The average molecular weight is 250 g/mol. The van der Waals surface area contributed by atoms with Crippen molar-refractivity contribution in [2.75, 3.05) is 0 Å². The fourth-order valence-electron chi connectivity index (χ4n) is 1.18. The van der Waals surface area contributed by atoms with Crippen LogP contribution in [0, 0.1) is 0 Å². The van der Waals surface area contributed by atoms with Crippen molar-refractivity contribution < 1.29 is 9.53 Å². The van der Waals surface area contributed by atoms with Crippen LogP contribution in [0.5, 0.6) is 11.6 Å². The molecule has 2 N–H and O–H groups in total.